The molecule has 0 unspecified atom stereocenters. The van der Waals surface area contributed by atoms with E-state index in [1.807, 2.05) is 0 Å². The van der Waals surface area contributed by atoms with Gasteiger partial charge in [0.05, 0.1) is 0 Å². The number of rotatable bonds is 3. The molecule has 1 saturated carbocycles. The van der Waals surface area contributed by atoms with Crippen LogP contribution in [0, 0.1) is 6.92 Å². The smallest absolute Gasteiger partial charge is 0.133 e. The molecule has 0 saturated heterocycles. The second kappa shape index (κ2) is 6.88. The standard InChI is InChI=1S/C16H27N3/c1-12(2)16-17-13(3)11-15(19-16)18-14-9-7-5-4-6-8-10-14/h11-12,14H,4-10H2,1-3H3,(H,17,18,19). The van der Waals surface area contributed by atoms with Crippen molar-refractivity contribution in [1.29, 1.82) is 0 Å². The highest BCUT2D eigenvalue weighted by molar-refractivity contribution is 5.37. The molecule has 0 aliphatic heterocycles. The van der Waals surface area contributed by atoms with Gasteiger partial charge in [0.15, 0.2) is 0 Å². The molecule has 2 rings (SSSR count). The summed E-state index contributed by atoms with van der Waals surface area (Å²) in [5.41, 5.74) is 1.06. The van der Waals surface area contributed by atoms with Gasteiger partial charge < -0.3 is 5.32 Å². The first-order chi connectivity index (χ1) is 9.15. The molecular formula is C16H27N3. The normalized spacial score (nSPS) is 18.1. The van der Waals surface area contributed by atoms with E-state index in [2.05, 4.69) is 42.1 Å². The van der Waals surface area contributed by atoms with Crippen LogP contribution in [0.5, 0.6) is 0 Å². The van der Waals surface area contributed by atoms with E-state index in [0.29, 0.717) is 12.0 Å². The van der Waals surface area contributed by atoms with Gasteiger partial charge in [0.2, 0.25) is 0 Å². The van der Waals surface area contributed by atoms with E-state index in [-0.39, 0.29) is 0 Å². The largest absolute Gasteiger partial charge is 0.367 e. The predicted molar refractivity (Wildman–Crippen MR) is 80.6 cm³/mol. The highest BCUT2D eigenvalue weighted by Crippen LogP contribution is 2.21. The summed E-state index contributed by atoms with van der Waals surface area (Å²) in [5, 5.41) is 3.63. The van der Waals surface area contributed by atoms with Crippen molar-refractivity contribution in [3.8, 4) is 0 Å². The second-order valence-corrected chi connectivity index (χ2v) is 6.09. The number of aromatic nitrogens is 2. The van der Waals surface area contributed by atoms with Gasteiger partial charge >= 0.3 is 0 Å². The molecule has 3 heteroatoms. The molecule has 1 N–H and O–H groups in total. The summed E-state index contributed by atoms with van der Waals surface area (Å²) in [4.78, 5) is 9.17. The molecule has 0 spiro atoms. The van der Waals surface area contributed by atoms with Gasteiger partial charge in [0.1, 0.15) is 11.6 Å². The predicted octanol–water partition coefficient (Wildman–Crippen LogP) is 4.43. The maximum Gasteiger partial charge on any atom is 0.133 e. The molecule has 1 heterocycles. The third-order valence-electron chi connectivity index (χ3n) is 3.85. The first kappa shape index (κ1) is 14.3. The highest BCUT2D eigenvalue weighted by atomic mass is 15.1. The van der Waals surface area contributed by atoms with Crippen LogP contribution >= 0.6 is 0 Å². The number of nitrogens with zero attached hydrogens (tertiary/aromatic N) is 2. The Labute approximate surface area is 117 Å². The molecule has 1 fully saturated rings. The number of anilines is 1. The lowest BCUT2D eigenvalue weighted by molar-refractivity contribution is 0.470. The van der Waals surface area contributed by atoms with Crippen LogP contribution in [0.2, 0.25) is 0 Å². The number of hydrogen-bond acceptors (Lipinski definition) is 3. The Bertz CT molecular complexity index is 393. The summed E-state index contributed by atoms with van der Waals surface area (Å²) in [6.45, 7) is 6.35. The quantitative estimate of drug-likeness (QED) is 0.874. The first-order valence-electron chi connectivity index (χ1n) is 7.77. The zero-order valence-corrected chi connectivity index (χ0v) is 12.6. The van der Waals surface area contributed by atoms with Crippen molar-refractivity contribution in [1.82, 2.24) is 9.97 Å². The van der Waals surface area contributed by atoms with Crippen LogP contribution in [0.4, 0.5) is 5.82 Å². The van der Waals surface area contributed by atoms with Crippen molar-refractivity contribution < 1.29 is 0 Å². The van der Waals surface area contributed by atoms with E-state index < -0.39 is 0 Å². The maximum atomic E-state index is 4.66. The van der Waals surface area contributed by atoms with Gasteiger partial charge in [-0.1, -0.05) is 46.0 Å². The van der Waals surface area contributed by atoms with Crippen LogP contribution in [-0.4, -0.2) is 16.0 Å². The Kier molecular flexibility index (Phi) is 5.17. The molecule has 1 aromatic heterocycles. The minimum atomic E-state index is 0.387. The van der Waals surface area contributed by atoms with E-state index in [9.17, 15) is 0 Å². The lowest BCUT2D eigenvalue weighted by atomic mass is 9.97. The molecule has 1 aliphatic carbocycles. The molecule has 106 valence electrons. The molecule has 0 bridgehead atoms. The van der Waals surface area contributed by atoms with E-state index in [4.69, 9.17) is 0 Å². The Morgan fingerprint density at radius 3 is 2.32 bits per heavy atom. The first-order valence-corrected chi connectivity index (χ1v) is 7.77. The number of hydrogen-bond donors (Lipinski definition) is 1. The van der Waals surface area contributed by atoms with Crippen molar-refractivity contribution in [2.24, 2.45) is 0 Å². The van der Waals surface area contributed by atoms with Gasteiger partial charge in [0.25, 0.3) is 0 Å². The maximum absolute atomic E-state index is 4.66. The lowest BCUT2D eigenvalue weighted by Crippen LogP contribution is -2.21. The van der Waals surface area contributed by atoms with Crippen molar-refractivity contribution in [2.45, 2.75) is 77.7 Å². The summed E-state index contributed by atoms with van der Waals surface area (Å²) >= 11 is 0. The Hall–Kier alpha value is -1.12. The SMILES string of the molecule is Cc1cc(NC2CCCCCCC2)nc(C(C)C)n1. The summed E-state index contributed by atoms with van der Waals surface area (Å²) in [7, 11) is 0. The zero-order valence-electron chi connectivity index (χ0n) is 12.6. The molecule has 0 atom stereocenters. The van der Waals surface area contributed by atoms with Crippen molar-refractivity contribution in [3.63, 3.8) is 0 Å². The molecule has 3 nitrogen and oxygen atoms in total. The Balaban J connectivity index is 2.04. The molecule has 19 heavy (non-hydrogen) atoms. The molecule has 0 radical (unpaired) electrons. The fourth-order valence-electron chi connectivity index (χ4n) is 2.73. The van der Waals surface area contributed by atoms with Gasteiger partial charge in [-0.2, -0.15) is 0 Å². The Morgan fingerprint density at radius 2 is 1.68 bits per heavy atom. The van der Waals surface area contributed by atoms with E-state index in [1.165, 1.54) is 44.9 Å². The minimum absolute atomic E-state index is 0.387. The Morgan fingerprint density at radius 1 is 1.05 bits per heavy atom. The molecule has 1 aromatic rings. The number of nitrogens with one attached hydrogen (secondary N) is 1. The molecular weight excluding hydrogens is 234 g/mol. The van der Waals surface area contributed by atoms with E-state index >= 15 is 0 Å². The molecule has 0 amide bonds. The average Bonchev–Trinajstić information content (AvgIpc) is 2.31. The lowest BCUT2D eigenvalue weighted by Gasteiger charge is -2.22. The van der Waals surface area contributed by atoms with Crippen molar-refractivity contribution in [2.75, 3.05) is 5.32 Å². The van der Waals surface area contributed by atoms with Crippen LogP contribution in [0.1, 0.15) is 76.2 Å². The minimum Gasteiger partial charge on any atom is -0.367 e. The fourth-order valence-corrected chi connectivity index (χ4v) is 2.73. The third kappa shape index (κ3) is 4.48. The van der Waals surface area contributed by atoms with Crippen LogP contribution in [0.25, 0.3) is 0 Å². The summed E-state index contributed by atoms with van der Waals surface area (Å²) < 4.78 is 0. The monoisotopic (exact) mass is 261 g/mol. The van der Waals surface area contributed by atoms with Crippen LogP contribution < -0.4 is 5.32 Å². The van der Waals surface area contributed by atoms with Crippen LogP contribution in [0.15, 0.2) is 6.07 Å². The summed E-state index contributed by atoms with van der Waals surface area (Å²) in [6, 6.07) is 2.67. The van der Waals surface area contributed by atoms with E-state index in [1.54, 1.807) is 0 Å². The average molecular weight is 261 g/mol. The van der Waals surface area contributed by atoms with Crippen molar-refractivity contribution in [3.05, 3.63) is 17.6 Å². The van der Waals surface area contributed by atoms with E-state index in [0.717, 1.165) is 17.3 Å². The highest BCUT2D eigenvalue weighted by Gasteiger charge is 2.13. The van der Waals surface area contributed by atoms with Gasteiger partial charge in [-0.3, -0.25) is 0 Å². The summed E-state index contributed by atoms with van der Waals surface area (Å²) in [6.07, 6.45) is 9.44. The second-order valence-electron chi connectivity index (χ2n) is 6.09. The molecule has 1 aliphatic rings. The third-order valence-corrected chi connectivity index (χ3v) is 3.85. The van der Waals surface area contributed by atoms with Gasteiger partial charge in [-0.15, -0.1) is 0 Å². The van der Waals surface area contributed by atoms with Crippen LogP contribution in [0.3, 0.4) is 0 Å². The topological polar surface area (TPSA) is 37.8 Å². The summed E-state index contributed by atoms with van der Waals surface area (Å²) in [5.74, 6) is 2.35. The molecule has 0 aromatic carbocycles. The van der Waals surface area contributed by atoms with Gasteiger partial charge in [-0.25, -0.2) is 9.97 Å². The van der Waals surface area contributed by atoms with Crippen molar-refractivity contribution >= 4 is 5.82 Å². The fraction of sp³-hybridized carbons (Fsp3) is 0.750. The van der Waals surface area contributed by atoms with Gasteiger partial charge in [0, 0.05) is 23.7 Å². The number of aryl methyl sites for hydroxylation is 1. The van der Waals surface area contributed by atoms with Gasteiger partial charge in [-0.05, 0) is 19.8 Å². The zero-order chi connectivity index (χ0) is 13.7. The van der Waals surface area contributed by atoms with Crippen LogP contribution in [-0.2, 0) is 0 Å².